The van der Waals surface area contributed by atoms with Crippen LogP contribution in [0, 0.1) is 5.92 Å². The number of carbonyl (C=O) groups is 2. The number of rotatable bonds is 6. The van der Waals surface area contributed by atoms with Crippen LogP contribution in [-0.4, -0.2) is 62.5 Å². The lowest BCUT2D eigenvalue weighted by atomic mass is 9.79. The zero-order chi connectivity index (χ0) is 26.3. The summed E-state index contributed by atoms with van der Waals surface area (Å²) in [4.78, 5) is 33.4. The van der Waals surface area contributed by atoms with E-state index in [-0.39, 0.29) is 23.7 Å². The molecule has 0 saturated carbocycles. The SMILES string of the molecule is CC1(C)CN(C(=O)CN2CCC(CC(=O)O)CC2)Cc2c1c1cccnc1n2Cc1cc(Cl)cc(Cl)c1. The van der Waals surface area contributed by atoms with Gasteiger partial charge in [0.2, 0.25) is 5.91 Å². The van der Waals surface area contributed by atoms with Gasteiger partial charge in [-0.15, -0.1) is 0 Å². The van der Waals surface area contributed by atoms with Crippen molar-refractivity contribution in [2.75, 3.05) is 26.2 Å². The number of likely N-dealkylation sites (tertiary alicyclic amines) is 1. The number of carboxylic acid groups (broad SMARTS) is 1. The number of aliphatic carboxylic acids is 1. The first-order chi connectivity index (χ1) is 17.6. The van der Waals surface area contributed by atoms with Gasteiger partial charge in [0, 0.05) is 52.2 Å². The summed E-state index contributed by atoms with van der Waals surface area (Å²) in [7, 11) is 0. The number of hydrogen-bond acceptors (Lipinski definition) is 4. The molecule has 9 heteroatoms. The monoisotopic (exact) mass is 542 g/mol. The summed E-state index contributed by atoms with van der Waals surface area (Å²) in [6.45, 7) is 7.94. The molecule has 4 heterocycles. The van der Waals surface area contributed by atoms with Crippen molar-refractivity contribution in [3.05, 3.63) is 63.4 Å². The van der Waals surface area contributed by atoms with Crippen molar-refractivity contribution < 1.29 is 14.7 Å². The van der Waals surface area contributed by atoms with Gasteiger partial charge in [-0.1, -0.05) is 37.0 Å². The van der Waals surface area contributed by atoms with Gasteiger partial charge in [0.25, 0.3) is 0 Å². The normalized spacial score (nSPS) is 18.2. The van der Waals surface area contributed by atoms with E-state index in [9.17, 15) is 9.59 Å². The summed E-state index contributed by atoms with van der Waals surface area (Å²) >= 11 is 12.6. The molecule has 2 aromatic heterocycles. The van der Waals surface area contributed by atoms with Crippen LogP contribution in [0.25, 0.3) is 11.0 Å². The molecular formula is C28H32Cl2N4O3. The molecule has 1 fully saturated rings. The topological polar surface area (TPSA) is 78.7 Å². The summed E-state index contributed by atoms with van der Waals surface area (Å²) in [5.41, 5.74) is 3.95. The molecule has 0 aliphatic carbocycles. The van der Waals surface area contributed by atoms with Gasteiger partial charge in [0.1, 0.15) is 5.65 Å². The fourth-order valence-electron chi connectivity index (χ4n) is 6.06. The van der Waals surface area contributed by atoms with Crippen molar-refractivity contribution in [2.24, 2.45) is 5.92 Å². The molecule has 0 spiro atoms. The van der Waals surface area contributed by atoms with Crippen molar-refractivity contribution in [1.29, 1.82) is 0 Å². The van der Waals surface area contributed by atoms with Crippen LogP contribution in [0.3, 0.4) is 0 Å². The highest BCUT2D eigenvalue weighted by atomic mass is 35.5. The Hall–Kier alpha value is -2.61. The van der Waals surface area contributed by atoms with E-state index in [0.29, 0.717) is 36.2 Å². The Balaban J connectivity index is 1.41. The lowest BCUT2D eigenvalue weighted by Crippen LogP contribution is -2.49. The molecule has 0 unspecified atom stereocenters. The smallest absolute Gasteiger partial charge is 0.303 e. The molecule has 0 atom stereocenters. The highest BCUT2D eigenvalue weighted by Gasteiger charge is 2.39. The van der Waals surface area contributed by atoms with Crippen LogP contribution in [-0.2, 0) is 28.1 Å². The minimum atomic E-state index is -0.745. The van der Waals surface area contributed by atoms with Crippen LogP contribution in [0.15, 0.2) is 36.5 Å². The Kier molecular flexibility index (Phi) is 7.22. The third-order valence-corrected chi connectivity index (χ3v) is 8.11. The molecule has 3 aromatic rings. The van der Waals surface area contributed by atoms with E-state index < -0.39 is 5.97 Å². The highest BCUT2D eigenvalue weighted by molar-refractivity contribution is 6.34. The second-order valence-electron chi connectivity index (χ2n) is 11.0. The molecule has 1 N–H and O–H groups in total. The number of piperidine rings is 1. The molecule has 37 heavy (non-hydrogen) atoms. The van der Waals surface area contributed by atoms with Crippen molar-refractivity contribution in [2.45, 2.75) is 51.6 Å². The average Bonchev–Trinajstić information content (AvgIpc) is 3.13. The molecule has 1 amide bonds. The first kappa shape index (κ1) is 26.0. The van der Waals surface area contributed by atoms with Gasteiger partial charge in [0.05, 0.1) is 13.1 Å². The molecule has 0 radical (unpaired) electrons. The van der Waals surface area contributed by atoms with Gasteiger partial charge in [-0.2, -0.15) is 0 Å². The zero-order valence-electron chi connectivity index (χ0n) is 21.2. The third-order valence-electron chi connectivity index (χ3n) is 7.67. The van der Waals surface area contributed by atoms with Crippen LogP contribution >= 0.6 is 23.2 Å². The van der Waals surface area contributed by atoms with E-state index in [1.54, 1.807) is 12.3 Å². The number of pyridine rings is 1. The minimum absolute atomic E-state index is 0.103. The Morgan fingerprint density at radius 2 is 1.84 bits per heavy atom. The number of nitrogens with zero attached hydrogens (tertiary/aromatic N) is 4. The largest absolute Gasteiger partial charge is 0.481 e. The van der Waals surface area contributed by atoms with Crippen LogP contribution in [0.1, 0.15) is 49.9 Å². The molecule has 1 saturated heterocycles. The first-order valence-electron chi connectivity index (χ1n) is 12.7. The summed E-state index contributed by atoms with van der Waals surface area (Å²) in [5.74, 6) is -0.444. The maximum atomic E-state index is 13.5. The number of amides is 1. The van der Waals surface area contributed by atoms with Crippen molar-refractivity contribution >= 4 is 46.1 Å². The van der Waals surface area contributed by atoms with Crippen LogP contribution in [0.4, 0.5) is 0 Å². The molecule has 0 bridgehead atoms. The number of fused-ring (bicyclic) bond motifs is 3. The number of halogens is 2. The highest BCUT2D eigenvalue weighted by Crippen LogP contribution is 2.40. The Bertz CT molecular complexity index is 1320. The van der Waals surface area contributed by atoms with Gasteiger partial charge >= 0.3 is 5.97 Å². The lowest BCUT2D eigenvalue weighted by Gasteiger charge is -2.40. The molecule has 2 aliphatic rings. The average molecular weight is 543 g/mol. The van der Waals surface area contributed by atoms with Crippen molar-refractivity contribution in [1.82, 2.24) is 19.4 Å². The predicted octanol–water partition coefficient (Wildman–Crippen LogP) is 5.20. The second-order valence-corrected chi connectivity index (χ2v) is 11.9. The van der Waals surface area contributed by atoms with Crippen LogP contribution in [0.5, 0.6) is 0 Å². The third kappa shape index (κ3) is 5.49. The fourth-order valence-corrected chi connectivity index (χ4v) is 6.63. The van der Waals surface area contributed by atoms with Gasteiger partial charge in [0.15, 0.2) is 0 Å². The number of aromatic nitrogens is 2. The lowest BCUT2D eigenvalue weighted by molar-refractivity contribution is -0.139. The summed E-state index contributed by atoms with van der Waals surface area (Å²) in [6, 6.07) is 9.63. The van der Waals surface area contributed by atoms with E-state index in [4.69, 9.17) is 33.3 Å². The standard InChI is InChI=1S/C28H32Cl2N4O3/c1-28(2)17-33(24(35)16-32-8-5-18(6-9-32)12-25(36)37)15-23-26(28)22-4-3-7-31-27(22)34(23)14-19-10-20(29)13-21(30)11-19/h3-4,7,10-11,13,18H,5-6,8-9,12,14-17H2,1-2H3,(H,36,37). The molecular weight excluding hydrogens is 511 g/mol. The first-order valence-corrected chi connectivity index (χ1v) is 13.5. The molecule has 5 rings (SSSR count). The van der Waals surface area contributed by atoms with E-state index in [2.05, 4.69) is 29.4 Å². The molecule has 196 valence electrons. The molecule has 2 aliphatic heterocycles. The van der Waals surface area contributed by atoms with Crippen molar-refractivity contribution in [3.8, 4) is 0 Å². The van der Waals surface area contributed by atoms with Crippen molar-refractivity contribution in [3.63, 3.8) is 0 Å². The number of hydrogen-bond donors (Lipinski definition) is 1. The van der Waals surface area contributed by atoms with Gasteiger partial charge < -0.3 is 14.6 Å². The van der Waals surface area contributed by atoms with Gasteiger partial charge in [-0.3, -0.25) is 14.5 Å². The molecule has 7 nitrogen and oxygen atoms in total. The van der Waals surface area contributed by atoms with E-state index in [1.165, 1.54) is 5.56 Å². The zero-order valence-corrected chi connectivity index (χ0v) is 22.7. The Morgan fingerprint density at radius 3 is 2.51 bits per heavy atom. The number of benzene rings is 1. The maximum absolute atomic E-state index is 13.5. The summed E-state index contributed by atoms with van der Waals surface area (Å²) in [6.07, 6.45) is 3.65. The van der Waals surface area contributed by atoms with Gasteiger partial charge in [-0.05, 0) is 73.3 Å². The Morgan fingerprint density at radius 1 is 1.14 bits per heavy atom. The summed E-state index contributed by atoms with van der Waals surface area (Å²) < 4.78 is 2.20. The quantitative estimate of drug-likeness (QED) is 0.463. The Labute approximate surface area is 227 Å². The predicted molar refractivity (Wildman–Crippen MR) is 145 cm³/mol. The van der Waals surface area contributed by atoms with E-state index in [1.807, 2.05) is 23.1 Å². The van der Waals surface area contributed by atoms with Crippen LogP contribution < -0.4 is 0 Å². The number of carboxylic acids is 1. The van der Waals surface area contributed by atoms with E-state index in [0.717, 1.165) is 48.2 Å². The fraction of sp³-hybridized carbons (Fsp3) is 0.464. The number of carbonyl (C=O) groups excluding carboxylic acids is 1. The second kappa shape index (κ2) is 10.3. The van der Waals surface area contributed by atoms with Crippen LogP contribution in [0.2, 0.25) is 10.0 Å². The summed E-state index contributed by atoms with van der Waals surface area (Å²) in [5, 5.41) is 11.4. The maximum Gasteiger partial charge on any atom is 0.303 e. The molecule has 1 aromatic carbocycles. The van der Waals surface area contributed by atoms with E-state index >= 15 is 0 Å². The van der Waals surface area contributed by atoms with Gasteiger partial charge in [-0.25, -0.2) is 4.98 Å². The minimum Gasteiger partial charge on any atom is -0.481 e.